The van der Waals surface area contributed by atoms with Crippen molar-refractivity contribution in [1.82, 2.24) is 5.48 Å². The second kappa shape index (κ2) is 9.35. The van der Waals surface area contributed by atoms with Crippen molar-refractivity contribution in [2.75, 3.05) is 0 Å². The van der Waals surface area contributed by atoms with Crippen LogP contribution in [0.2, 0.25) is 0 Å². The van der Waals surface area contributed by atoms with Crippen LogP contribution in [0, 0.1) is 20.2 Å². The van der Waals surface area contributed by atoms with Crippen molar-refractivity contribution < 1.29 is 25.0 Å². The number of hydrogen-bond donors (Lipinski definition) is 4. The first-order chi connectivity index (χ1) is 10.7. The van der Waals surface area contributed by atoms with E-state index in [0.29, 0.717) is 0 Å². The Bertz CT molecular complexity index is 653. The summed E-state index contributed by atoms with van der Waals surface area (Å²) in [5.74, 6) is -1.25. The molecule has 0 unspecified atom stereocenters. The molecule has 1 rings (SSSR count). The SMILES string of the molecule is CC(=O)O.N/C(=N/N=C/c1ccc([N+](=O)[O-])cc1[N+](=O)[O-])NO. The molecular weight excluding hydrogens is 316 g/mol. The zero-order valence-corrected chi connectivity index (χ0v) is 11.6. The number of carbonyl (C=O) groups is 1. The molecule has 0 bridgehead atoms. The van der Waals surface area contributed by atoms with E-state index in [4.69, 9.17) is 20.8 Å². The van der Waals surface area contributed by atoms with Gasteiger partial charge in [-0.15, -0.1) is 5.10 Å². The van der Waals surface area contributed by atoms with Crippen LogP contribution in [-0.4, -0.2) is 38.3 Å². The molecule has 0 aliphatic rings. The number of nitrogens with one attached hydrogen (secondary N) is 1. The molecule has 0 radical (unpaired) electrons. The molecule has 1 aromatic carbocycles. The largest absolute Gasteiger partial charge is 0.481 e. The number of hydrogen-bond acceptors (Lipinski definition) is 8. The van der Waals surface area contributed by atoms with E-state index in [9.17, 15) is 20.2 Å². The van der Waals surface area contributed by atoms with Gasteiger partial charge in [-0.3, -0.25) is 30.2 Å². The predicted molar refractivity (Wildman–Crippen MR) is 77.2 cm³/mol. The lowest BCUT2D eigenvalue weighted by Crippen LogP contribution is -2.27. The number of non-ortho nitro benzene ring substituents is 1. The van der Waals surface area contributed by atoms with Crippen LogP contribution < -0.4 is 11.2 Å². The topological polar surface area (TPSA) is 207 Å². The van der Waals surface area contributed by atoms with E-state index in [0.717, 1.165) is 31.3 Å². The maximum absolute atomic E-state index is 10.8. The summed E-state index contributed by atoms with van der Waals surface area (Å²) in [6.45, 7) is 1.08. The van der Waals surface area contributed by atoms with Gasteiger partial charge >= 0.3 is 0 Å². The van der Waals surface area contributed by atoms with Crippen LogP contribution in [0.3, 0.4) is 0 Å². The molecule has 13 nitrogen and oxygen atoms in total. The Hall–Kier alpha value is -3.61. The van der Waals surface area contributed by atoms with Gasteiger partial charge in [-0.1, -0.05) is 0 Å². The van der Waals surface area contributed by atoms with Crippen LogP contribution in [0.25, 0.3) is 0 Å². The number of nitro benzene ring substituents is 2. The molecule has 23 heavy (non-hydrogen) atoms. The van der Waals surface area contributed by atoms with Crippen molar-refractivity contribution in [2.24, 2.45) is 15.9 Å². The van der Waals surface area contributed by atoms with E-state index in [1.165, 1.54) is 5.48 Å². The molecule has 5 N–H and O–H groups in total. The Labute approximate surface area is 128 Å². The molecule has 13 heteroatoms. The van der Waals surface area contributed by atoms with Crippen LogP contribution in [0.5, 0.6) is 0 Å². The molecule has 0 fully saturated rings. The molecule has 0 aliphatic carbocycles. The first-order valence-corrected chi connectivity index (χ1v) is 5.58. The lowest BCUT2D eigenvalue weighted by Gasteiger charge is -1.97. The summed E-state index contributed by atoms with van der Waals surface area (Å²) in [7, 11) is 0. The molecule has 0 aliphatic heterocycles. The maximum Gasteiger partial charge on any atom is 0.300 e. The average molecular weight is 328 g/mol. The molecule has 0 heterocycles. The Kier molecular flexibility index (Phi) is 7.88. The molecule has 124 valence electrons. The Balaban J connectivity index is 0.00000108. The van der Waals surface area contributed by atoms with E-state index >= 15 is 0 Å². The maximum atomic E-state index is 10.8. The number of carboxylic acid groups (broad SMARTS) is 1. The highest BCUT2D eigenvalue weighted by molar-refractivity contribution is 5.86. The number of benzene rings is 1. The number of nitrogens with zero attached hydrogens (tertiary/aromatic N) is 4. The average Bonchev–Trinajstić information content (AvgIpc) is 2.46. The molecule has 0 amide bonds. The zero-order chi connectivity index (χ0) is 18.0. The lowest BCUT2D eigenvalue weighted by molar-refractivity contribution is -0.394. The second-order valence-corrected chi connectivity index (χ2v) is 3.62. The number of hydroxylamine groups is 1. The van der Waals surface area contributed by atoms with E-state index in [2.05, 4.69) is 10.2 Å². The fourth-order valence-corrected chi connectivity index (χ4v) is 1.09. The first-order valence-electron chi connectivity index (χ1n) is 5.58. The van der Waals surface area contributed by atoms with E-state index in [1.54, 1.807) is 0 Å². The molecule has 0 saturated carbocycles. The number of nitro groups is 2. The minimum atomic E-state index is -0.833. The summed E-state index contributed by atoms with van der Waals surface area (Å²) in [4.78, 5) is 28.7. The second-order valence-electron chi connectivity index (χ2n) is 3.62. The Morgan fingerprint density at radius 1 is 1.35 bits per heavy atom. The normalized spacial score (nSPS) is 10.6. The number of aliphatic carboxylic acids is 1. The molecule has 0 atom stereocenters. The van der Waals surface area contributed by atoms with Gasteiger partial charge in [0.15, 0.2) is 0 Å². The number of nitrogens with two attached hydrogens (primary N) is 1. The van der Waals surface area contributed by atoms with Gasteiger partial charge in [0.1, 0.15) is 0 Å². The summed E-state index contributed by atoms with van der Waals surface area (Å²) in [5, 5.41) is 43.6. The number of carboxylic acids is 1. The smallest absolute Gasteiger partial charge is 0.300 e. The molecule has 0 saturated heterocycles. The first kappa shape index (κ1) is 19.4. The van der Waals surface area contributed by atoms with Gasteiger partial charge < -0.3 is 10.8 Å². The van der Waals surface area contributed by atoms with Gasteiger partial charge in [0.2, 0.25) is 5.96 Å². The summed E-state index contributed by atoms with van der Waals surface area (Å²) >= 11 is 0. The van der Waals surface area contributed by atoms with Gasteiger partial charge in [0, 0.05) is 13.0 Å². The van der Waals surface area contributed by atoms with Crippen molar-refractivity contribution in [3.05, 3.63) is 44.0 Å². The fraction of sp³-hybridized carbons (Fsp3) is 0.100. The zero-order valence-electron chi connectivity index (χ0n) is 11.6. The highest BCUT2D eigenvalue weighted by atomic mass is 16.6. The van der Waals surface area contributed by atoms with Crippen LogP contribution in [0.15, 0.2) is 28.4 Å². The van der Waals surface area contributed by atoms with Gasteiger partial charge in [-0.2, -0.15) is 5.10 Å². The molecular formula is C10H12N6O7. The van der Waals surface area contributed by atoms with E-state index in [1.807, 2.05) is 0 Å². The predicted octanol–water partition coefficient (Wildman–Crippen LogP) is 0.221. The highest BCUT2D eigenvalue weighted by Gasteiger charge is 2.18. The van der Waals surface area contributed by atoms with Crippen molar-refractivity contribution in [1.29, 1.82) is 0 Å². The minimum absolute atomic E-state index is 0.00471. The lowest BCUT2D eigenvalue weighted by atomic mass is 10.2. The molecule has 1 aromatic rings. The number of guanidine groups is 1. The highest BCUT2D eigenvalue weighted by Crippen LogP contribution is 2.23. The van der Waals surface area contributed by atoms with Crippen molar-refractivity contribution in [3.63, 3.8) is 0 Å². The van der Waals surface area contributed by atoms with Crippen molar-refractivity contribution in [2.45, 2.75) is 6.92 Å². The van der Waals surface area contributed by atoms with Crippen LogP contribution in [-0.2, 0) is 4.79 Å². The monoisotopic (exact) mass is 328 g/mol. The minimum Gasteiger partial charge on any atom is -0.481 e. The van der Waals surface area contributed by atoms with Crippen molar-refractivity contribution >= 4 is 29.5 Å². The van der Waals surface area contributed by atoms with Crippen LogP contribution in [0.1, 0.15) is 12.5 Å². The van der Waals surface area contributed by atoms with Gasteiger partial charge in [-0.25, -0.2) is 5.48 Å². The summed E-state index contributed by atoms with van der Waals surface area (Å²) in [6, 6.07) is 3.04. The van der Waals surface area contributed by atoms with Crippen LogP contribution in [0.4, 0.5) is 11.4 Å². The quantitative estimate of drug-likeness (QED) is 0.257. The van der Waals surface area contributed by atoms with Crippen LogP contribution >= 0.6 is 0 Å². The van der Waals surface area contributed by atoms with Gasteiger partial charge in [0.25, 0.3) is 17.3 Å². The van der Waals surface area contributed by atoms with Gasteiger partial charge in [-0.05, 0) is 6.07 Å². The molecule has 0 spiro atoms. The van der Waals surface area contributed by atoms with Gasteiger partial charge in [0.05, 0.1) is 27.7 Å². The fourth-order valence-electron chi connectivity index (χ4n) is 1.09. The summed E-state index contributed by atoms with van der Waals surface area (Å²) in [6.07, 6.45) is 0.978. The number of rotatable bonds is 4. The van der Waals surface area contributed by atoms with E-state index in [-0.39, 0.29) is 5.56 Å². The standard InChI is InChI=1S/C8H8N6O5.C2H4O2/c9-8(12-15)11-10-4-5-1-2-6(13(16)17)3-7(5)14(18)19;1-2(3)4/h1-4,15H,(H3,9,11,12);1H3,(H,3,4)/b10-4+;. The third-order valence-corrected chi connectivity index (χ3v) is 1.90. The Morgan fingerprint density at radius 3 is 2.35 bits per heavy atom. The third-order valence-electron chi connectivity index (χ3n) is 1.90. The van der Waals surface area contributed by atoms with E-state index < -0.39 is 33.2 Å². The van der Waals surface area contributed by atoms with Crippen molar-refractivity contribution in [3.8, 4) is 0 Å². The summed E-state index contributed by atoms with van der Waals surface area (Å²) < 4.78 is 0. The summed E-state index contributed by atoms with van der Waals surface area (Å²) in [5.41, 5.74) is 5.65. The Morgan fingerprint density at radius 2 is 1.91 bits per heavy atom. The molecule has 0 aromatic heterocycles. The third kappa shape index (κ3) is 7.66.